The first-order valence-electron chi connectivity index (χ1n) is 5.98. The lowest BCUT2D eigenvalue weighted by Gasteiger charge is -2.51. The molecule has 2 N–H and O–H groups in total. The molecular formula is C14H23N. The Morgan fingerprint density at radius 2 is 1.60 bits per heavy atom. The van der Waals surface area contributed by atoms with Gasteiger partial charge in [-0.25, -0.2) is 0 Å². The second-order valence-electron chi connectivity index (χ2n) is 6.55. The lowest BCUT2D eigenvalue weighted by Crippen LogP contribution is -2.43. The predicted octanol–water partition coefficient (Wildman–Crippen LogP) is 3.48. The van der Waals surface area contributed by atoms with E-state index in [9.17, 15) is 0 Å². The molecule has 0 saturated heterocycles. The first-order chi connectivity index (χ1) is 6.83. The Hall–Kier alpha value is -0.720. The summed E-state index contributed by atoms with van der Waals surface area (Å²) >= 11 is 0. The Balaban J connectivity index is 2.37. The summed E-state index contributed by atoms with van der Waals surface area (Å²) in [5.41, 5.74) is 7.69. The molecule has 1 nitrogen and oxygen atoms in total. The van der Waals surface area contributed by atoms with Crippen molar-refractivity contribution >= 4 is 0 Å². The SMILES string of the molecule is CC1(C)CCC(C)(C)C2C=C(N)C=CC21. The van der Waals surface area contributed by atoms with Crippen molar-refractivity contribution in [3.8, 4) is 0 Å². The molecule has 0 spiro atoms. The fourth-order valence-electron chi connectivity index (χ4n) is 3.14. The molecule has 0 aromatic carbocycles. The molecule has 0 bridgehead atoms. The van der Waals surface area contributed by atoms with Crippen molar-refractivity contribution in [2.45, 2.75) is 40.5 Å². The van der Waals surface area contributed by atoms with Crippen LogP contribution in [0.15, 0.2) is 23.9 Å². The maximum absolute atomic E-state index is 5.93. The minimum absolute atomic E-state index is 0.398. The first-order valence-corrected chi connectivity index (χ1v) is 5.98. The summed E-state index contributed by atoms with van der Waals surface area (Å²) < 4.78 is 0. The Kier molecular flexibility index (Phi) is 2.25. The maximum atomic E-state index is 5.93. The first kappa shape index (κ1) is 10.8. The minimum Gasteiger partial charge on any atom is -0.399 e. The van der Waals surface area contributed by atoms with Gasteiger partial charge < -0.3 is 5.73 Å². The van der Waals surface area contributed by atoms with Gasteiger partial charge in [0.15, 0.2) is 0 Å². The molecule has 0 heterocycles. The lowest BCUT2D eigenvalue weighted by atomic mass is 9.53. The van der Waals surface area contributed by atoms with Gasteiger partial charge in [0.25, 0.3) is 0 Å². The van der Waals surface area contributed by atoms with E-state index in [1.165, 1.54) is 12.8 Å². The van der Waals surface area contributed by atoms with Gasteiger partial charge in [0, 0.05) is 5.70 Å². The highest BCUT2D eigenvalue weighted by atomic mass is 14.6. The van der Waals surface area contributed by atoms with E-state index in [1.54, 1.807) is 0 Å². The van der Waals surface area contributed by atoms with E-state index in [-0.39, 0.29) is 0 Å². The summed E-state index contributed by atoms with van der Waals surface area (Å²) in [6.45, 7) is 9.53. The van der Waals surface area contributed by atoms with Crippen LogP contribution in [0.2, 0.25) is 0 Å². The molecule has 1 fully saturated rings. The van der Waals surface area contributed by atoms with Crippen LogP contribution in [-0.4, -0.2) is 0 Å². The normalized spacial score (nSPS) is 36.9. The molecule has 0 aromatic rings. The quantitative estimate of drug-likeness (QED) is 0.644. The molecule has 0 aliphatic heterocycles. The highest BCUT2D eigenvalue weighted by Crippen LogP contribution is 2.54. The molecule has 2 atom stereocenters. The smallest absolute Gasteiger partial charge is 0.0273 e. The van der Waals surface area contributed by atoms with Gasteiger partial charge in [0.05, 0.1) is 0 Å². The number of hydrogen-bond acceptors (Lipinski definition) is 1. The van der Waals surface area contributed by atoms with E-state index >= 15 is 0 Å². The van der Waals surface area contributed by atoms with E-state index in [2.05, 4.69) is 45.9 Å². The van der Waals surface area contributed by atoms with Crippen molar-refractivity contribution in [3.63, 3.8) is 0 Å². The van der Waals surface area contributed by atoms with Gasteiger partial charge in [-0.3, -0.25) is 0 Å². The molecule has 15 heavy (non-hydrogen) atoms. The zero-order valence-corrected chi connectivity index (χ0v) is 10.4. The van der Waals surface area contributed by atoms with Crippen molar-refractivity contribution in [3.05, 3.63) is 23.9 Å². The van der Waals surface area contributed by atoms with E-state index in [0.717, 1.165) is 5.70 Å². The topological polar surface area (TPSA) is 26.0 Å². The average molecular weight is 205 g/mol. The monoisotopic (exact) mass is 205 g/mol. The minimum atomic E-state index is 0.398. The van der Waals surface area contributed by atoms with Crippen molar-refractivity contribution < 1.29 is 0 Å². The molecule has 2 rings (SSSR count). The van der Waals surface area contributed by atoms with Crippen molar-refractivity contribution in [2.75, 3.05) is 0 Å². The molecule has 2 aliphatic rings. The lowest BCUT2D eigenvalue weighted by molar-refractivity contribution is 0.0326. The van der Waals surface area contributed by atoms with E-state index in [4.69, 9.17) is 5.73 Å². The van der Waals surface area contributed by atoms with Crippen molar-refractivity contribution in [1.82, 2.24) is 0 Å². The molecule has 2 unspecified atom stereocenters. The van der Waals surface area contributed by atoms with Gasteiger partial charge >= 0.3 is 0 Å². The summed E-state index contributed by atoms with van der Waals surface area (Å²) in [6.07, 6.45) is 9.33. The van der Waals surface area contributed by atoms with Gasteiger partial charge in [-0.05, 0) is 41.6 Å². The number of hydrogen-bond donors (Lipinski definition) is 1. The zero-order valence-electron chi connectivity index (χ0n) is 10.4. The Morgan fingerprint density at radius 3 is 2.20 bits per heavy atom. The summed E-state index contributed by atoms with van der Waals surface area (Å²) in [5, 5.41) is 0. The molecule has 84 valence electrons. The maximum Gasteiger partial charge on any atom is 0.0273 e. The molecule has 1 heteroatoms. The third-order valence-electron chi connectivity index (χ3n) is 4.47. The fraction of sp³-hybridized carbons (Fsp3) is 0.714. The zero-order chi connectivity index (χ0) is 11.3. The standard InChI is InChI=1S/C14H23N/c1-13(2)7-8-14(3,4)12-9-10(15)5-6-11(12)13/h5-6,9,11-12H,7-8,15H2,1-4H3. The number of allylic oxidation sites excluding steroid dienone is 3. The van der Waals surface area contributed by atoms with Crippen molar-refractivity contribution in [1.29, 1.82) is 0 Å². The molecule has 1 saturated carbocycles. The van der Waals surface area contributed by atoms with E-state index in [0.29, 0.717) is 22.7 Å². The Bertz CT molecular complexity index is 320. The summed E-state index contributed by atoms with van der Waals surface area (Å²) in [7, 11) is 0. The van der Waals surface area contributed by atoms with Crippen LogP contribution >= 0.6 is 0 Å². The second kappa shape index (κ2) is 3.13. The Morgan fingerprint density at radius 1 is 1.07 bits per heavy atom. The van der Waals surface area contributed by atoms with E-state index < -0.39 is 0 Å². The number of nitrogens with two attached hydrogens (primary N) is 1. The molecule has 2 aliphatic carbocycles. The largest absolute Gasteiger partial charge is 0.399 e. The van der Waals surface area contributed by atoms with Crippen LogP contribution in [0.4, 0.5) is 0 Å². The summed E-state index contributed by atoms with van der Waals surface area (Å²) in [5.74, 6) is 1.28. The average Bonchev–Trinajstić information content (AvgIpc) is 2.13. The third-order valence-corrected chi connectivity index (χ3v) is 4.47. The van der Waals surface area contributed by atoms with Crippen LogP contribution in [0, 0.1) is 22.7 Å². The molecule has 0 aromatic heterocycles. The van der Waals surface area contributed by atoms with Gasteiger partial charge in [-0.15, -0.1) is 0 Å². The van der Waals surface area contributed by atoms with Crippen LogP contribution in [-0.2, 0) is 0 Å². The second-order valence-corrected chi connectivity index (χ2v) is 6.55. The van der Waals surface area contributed by atoms with Crippen LogP contribution in [0.25, 0.3) is 0 Å². The highest BCUT2D eigenvalue weighted by molar-refractivity contribution is 5.26. The number of rotatable bonds is 0. The van der Waals surface area contributed by atoms with Crippen LogP contribution in [0.1, 0.15) is 40.5 Å². The van der Waals surface area contributed by atoms with Gasteiger partial charge in [0.1, 0.15) is 0 Å². The predicted molar refractivity (Wildman–Crippen MR) is 65.2 cm³/mol. The highest BCUT2D eigenvalue weighted by Gasteiger charge is 2.46. The molecular weight excluding hydrogens is 182 g/mol. The Labute approximate surface area is 93.4 Å². The fourth-order valence-corrected chi connectivity index (χ4v) is 3.14. The van der Waals surface area contributed by atoms with Crippen molar-refractivity contribution in [2.24, 2.45) is 28.4 Å². The van der Waals surface area contributed by atoms with Gasteiger partial charge in [0.2, 0.25) is 0 Å². The number of fused-ring (bicyclic) bond motifs is 1. The van der Waals surface area contributed by atoms with Crippen LogP contribution in [0.5, 0.6) is 0 Å². The van der Waals surface area contributed by atoms with Gasteiger partial charge in [-0.1, -0.05) is 39.8 Å². The van der Waals surface area contributed by atoms with E-state index in [1.807, 2.05) is 0 Å². The summed E-state index contributed by atoms with van der Waals surface area (Å²) in [6, 6.07) is 0. The van der Waals surface area contributed by atoms with Crippen LogP contribution < -0.4 is 5.73 Å². The third kappa shape index (κ3) is 1.73. The molecule has 0 amide bonds. The van der Waals surface area contributed by atoms with Crippen LogP contribution in [0.3, 0.4) is 0 Å². The molecule has 0 radical (unpaired) electrons. The summed E-state index contributed by atoms with van der Waals surface area (Å²) in [4.78, 5) is 0. The van der Waals surface area contributed by atoms with Gasteiger partial charge in [-0.2, -0.15) is 0 Å².